The lowest BCUT2D eigenvalue weighted by Crippen LogP contribution is -2.08. The summed E-state index contributed by atoms with van der Waals surface area (Å²) in [6.45, 7) is 2.66. The van der Waals surface area contributed by atoms with Gasteiger partial charge >= 0.3 is 0 Å². The maximum Gasteiger partial charge on any atom is 0.0674 e. The van der Waals surface area contributed by atoms with Gasteiger partial charge in [0.25, 0.3) is 0 Å². The lowest BCUT2D eigenvalue weighted by atomic mass is 10.0. The van der Waals surface area contributed by atoms with Crippen molar-refractivity contribution >= 4 is 0 Å². The van der Waals surface area contributed by atoms with Gasteiger partial charge in [-0.3, -0.25) is 9.67 Å². The molecule has 0 unspecified atom stereocenters. The minimum Gasteiger partial charge on any atom is -0.330 e. The molecule has 2 heterocycles. The van der Waals surface area contributed by atoms with E-state index in [-0.39, 0.29) is 0 Å². The summed E-state index contributed by atoms with van der Waals surface area (Å²) in [7, 11) is 1.96. The van der Waals surface area contributed by atoms with E-state index in [1.165, 1.54) is 11.3 Å². The lowest BCUT2D eigenvalue weighted by Gasteiger charge is -2.05. The zero-order chi connectivity index (χ0) is 11.5. The molecule has 2 aromatic rings. The van der Waals surface area contributed by atoms with Gasteiger partial charge in [-0.15, -0.1) is 0 Å². The van der Waals surface area contributed by atoms with Gasteiger partial charge in [0.1, 0.15) is 0 Å². The smallest absolute Gasteiger partial charge is 0.0674 e. The van der Waals surface area contributed by atoms with Crippen LogP contribution in [0.3, 0.4) is 0 Å². The Bertz CT molecular complexity index is 473. The summed E-state index contributed by atoms with van der Waals surface area (Å²) >= 11 is 0. The molecule has 0 saturated carbocycles. The predicted molar refractivity (Wildman–Crippen MR) is 63.9 cm³/mol. The zero-order valence-electron chi connectivity index (χ0n) is 9.64. The molecule has 0 amide bonds. The quantitative estimate of drug-likeness (QED) is 0.841. The van der Waals surface area contributed by atoms with Crippen molar-refractivity contribution in [2.24, 2.45) is 12.8 Å². The van der Waals surface area contributed by atoms with Gasteiger partial charge in [0, 0.05) is 37.1 Å². The summed E-state index contributed by atoms with van der Waals surface area (Å²) in [5.74, 6) is 0. The SMILES string of the molecule is Cc1nn(C)c(CCN)c1-c1ccncc1. The van der Waals surface area contributed by atoms with Crippen LogP contribution in [0.15, 0.2) is 24.5 Å². The summed E-state index contributed by atoms with van der Waals surface area (Å²) in [5, 5.41) is 4.45. The molecule has 4 heteroatoms. The Labute approximate surface area is 95.1 Å². The number of hydrogen-bond acceptors (Lipinski definition) is 3. The molecule has 2 aromatic heterocycles. The second-order valence-electron chi connectivity index (χ2n) is 3.81. The summed E-state index contributed by atoms with van der Waals surface area (Å²) in [6, 6.07) is 4.01. The third kappa shape index (κ3) is 1.84. The average molecular weight is 216 g/mol. The van der Waals surface area contributed by atoms with E-state index in [9.17, 15) is 0 Å². The van der Waals surface area contributed by atoms with Crippen LogP contribution in [0, 0.1) is 6.92 Å². The van der Waals surface area contributed by atoms with Gasteiger partial charge in [-0.2, -0.15) is 5.10 Å². The molecule has 0 fully saturated rings. The van der Waals surface area contributed by atoms with Gasteiger partial charge in [0.05, 0.1) is 5.69 Å². The Morgan fingerprint density at radius 2 is 2.00 bits per heavy atom. The Kier molecular flexibility index (Phi) is 3.01. The number of aromatic nitrogens is 3. The van der Waals surface area contributed by atoms with Gasteiger partial charge in [-0.25, -0.2) is 0 Å². The Morgan fingerprint density at radius 3 is 2.62 bits per heavy atom. The Balaban J connectivity index is 2.55. The van der Waals surface area contributed by atoms with Gasteiger partial charge in [-0.05, 0) is 31.2 Å². The van der Waals surface area contributed by atoms with Crippen molar-refractivity contribution in [3.05, 3.63) is 35.9 Å². The van der Waals surface area contributed by atoms with Crippen molar-refractivity contribution < 1.29 is 0 Å². The molecule has 0 atom stereocenters. The molecule has 16 heavy (non-hydrogen) atoms. The molecule has 0 aliphatic heterocycles. The first-order valence-corrected chi connectivity index (χ1v) is 5.37. The maximum absolute atomic E-state index is 5.63. The van der Waals surface area contributed by atoms with Gasteiger partial charge in [-0.1, -0.05) is 0 Å². The van der Waals surface area contributed by atoms with Crippen molar-refractivity contribution in [2.45, 2.75) is 13.3 Å². The van der Waals surface area contributed by atoms with Crippen LogP contribution in [0.25, 0.3) is 11.1 Å². The minimum absolute atomic E-state index is 0.636. The molecule has 0 aromatic carbocycles. The first-order chi connectivity index (χ1) is 7.74. The van der Waals surface area contributed by atoms with E-state index >= 15 is 0 Å². The molecule has 0 saturated heterocycles. The van der Waals surface area contributed by atoms with Crippen molar-refractivity contribution in [1.82, 2.24) is 14.8 Å². The fraction of sp³-hybridized carbons (Fsp3) is 0.333. The van der Waals surface area contributed by atoms with Gasteiger partial charge in [0.2, 0.25) is 0 Å². The second-order valence-corrected chi connectivity index (χ2v) is 3.81. The number of aryl methyl sites for hydroxylation is 2. The minimum atomic E-state index is 0.636. The van der Waals surface area contributed by atoms with Gasteiger partial charge < -0.3 is 5.73 Å². The number of rotatable bonds is 3. The Hall–Kier alpha value is -1.68. The van der Waals surface area contributed by atoms with Gasteiger partial charge in [0.15, 0.2) is 0 Å². The van der Waals surface area contributed by atoms with Crippen LogP contribution in [-0.4, -0.2) is 21.3 Å². The Morgan fingerprint density at radius 1 is 1.31 bits per heavy atom. The zero-order valence-corrected chi connectivity index (χ0v) is 9.64. The van der Waals surface area contributed by atoms with Crippen LogP contribution in [-0.2, 0) is 13.5 Å². The van der Waals surface area contributed by atoms with Crippen LogP contribution in [0.5, 0.6) is 0 Å². The van der Waals surface area contributed by atoms with E-state index in [0.717, 1.165) is 17.7 Å². The molecular formula is C12H16N4. The van der Waals surface area contributed by atoms with E-state index in [1.807, 2.05) is 30.8 Å². The molecule has 2 N–H and O–H groups in total. The first-order valence-electron chi connectivity index (χ1n) is 5.37. The fourth-order valence-electron chi connectivity index (χ4n) is 2.02. The molecule has 0 spiro atoms. The third-order valence-electron chi connectivity index (χ3n) is 2.69. The molecule has 0 aliphatic rings. The normalized spacial score (nSPS) is 10.7. The standard InChI is InChI=1S/C12H16N4/c1-9-12(10-4-7-14-8-5-10)11(3-6-13)16(2)15-9/h4-5,7-8H,3,6,13H2,1-2H3. The monoisotopic (exact) mass is 216 g/mol. The second kappa shape index (κ2) is 4.45. The molecule has 84 valence electrons. The number of hydrogen-bond donors (Lipinski definition) is 1. The summed E-state index contributed by atoms with van der Waals surface area (Å²) in [4.78, 5) is 4.03. The van der Waals surface area contributed by atoms with Crippen LogP contribution < -0.4 is 5.73 Å². The lowest BCUT2D eigenvalue weighted by molar-refractivity contribution is 0.701. The molecular weight excluding hydrogens is 200 g/mol. The third-order valence-corrected chi connectivity index (χ3v) is 2.69. The van der Waals surface area contributed by atoms with E-state index in [2.05, 4.69) is 10.1 Å². The highest BCUT2D eigenvalue weighted by Gasteiger charge is 2.13. The highest BCUT2D eigenvalue weighted by Crippen LogP contribution is 2.26. The summed E-state index contributed by atoms with van der Waals surface area (Å²) in [5.41, 5.74) is 10.2. The molecule has 0 radical (unpaired) electrons. The highest BCUT2D eigenvalue weighted by molar-refractivity contribution is 5.68. The number of nitrogens with zero attached hydrogens (tertiary/aromatic N) is 3. The highest BCUT2D eigenvalue weighted by atomic mass is 15.3. The largest absolute Gasteiger partial charge is 0.330 e. The number of nitrogens with two attached hydrogens (primary N) is 1. The number of pyridine rings is 1. The molecule has 0 aliphatic carbocycles. The first kappa shape index (κ1) is 10.8. The predicted octanol–water partition coefficient (Wildman–Crippen LogP) is 1.29. The van der Waals surface area contributed by atoms with Crippen LogP contribution in [0.4, 0.5) is 0 Å². The van der Waals surface area contributed by atoms with Crippen LogP contribution in [0.1, 0.15) is 11.4 Å². The average Bonchev–Trinajstić information content (AvgIpc) is 2.56. The van der Waals surface area contributed by atoms with Crippen molar-refractivity contribution in [3.63, 3.8) is 0 Å². The van der Waals surface area contributed by atoms with Crippen molar-refractivity contribution in [1.29, 1.82) is 0 Å². The van der Waals surface area contributed by atoms with Crippen molar-refractivity contribution in [3.8, 4) is 11.1 Å². The molecule has 2 rings (SSSR count). The van der Waals surface area contributed by atoms with E-state index < -0.39 is 0 Å². The van der Waals surface area contributed by atoms with Crippen molar-refractivity contribution in [2.75, 3.05) is 6.54 Å². The van der Waals surface area contributed by atoms with E-state index in [4.69, 9.17) is 5.73 Å². The summed E-state index contributed by atoms with van der Waals surface area (Å²) in [6.07, 6.45) is 4.44. The van der Waals surface area contributed by atoms with Crippen LogP contribution >= 0.6 is 0 Å². The summed E-state index contributed by atoms with van der Waals surface area (Å²) < 4.78 is 1.91. The van der Waals surface area contributed by atoms with E-state index in [0.29, 0.717) is 6.54 Å². The topological polar surface area (TPSA) is 56.7 Å². The maximum atomic E-state index is 5.63. The molecule has 0 bridgehead atoms. The molecule has 4 nitrogen and oxygen atoms in total. The van der Waals surface area contributed by atoms with Crippen LogP contribution in [0.2, 0.25) is 0 Å². The van der Waals surface area contributed by atoms with E-state index in [1.54, 1.807) is 12.4 Å². The fourth-order valence-corrected chi connectivity index (χ4v) is 2.02.